The first-order valence-corrected chi connectivity index (χ1v) is 8.74. The Balaban J connectivity index is 1.63. The van der Waals surface area contributed by atoms with Gasteiger partial charge in [-0.2, -0.15) is 5.10 Å². The molecule has 0 saturated carbocycles. The molecule has 24 heavy (non-hydrogen) atoms. The molecule has 2 aliphatic heterocycles. The molecule has 2 aliphatic rings. The van der Waals surface area contributed by atoms with E-state index in [1.54, 1.807) is 11.1 Å². The second kappa shape index (κ2) is 6.93. The molecule has 1 atom stereocenters. The third-order valence-electron chi connectivity index (χ3n) is 4.77. The summed E-state index contributed by atoms with van der Waals surface area (Å²) in [6.45, 7) is 8.87. The molecular formula is C17H27N5O2. The van der Waals surface area contributed by atoms with Crippen LogP contribution in [0, 0.1) is 11.8 Å². The second-order valence-electron chi connectivity index (χ2n) is 7.35. The Labute approximate surface area is 143 Å². The predicted molar refractivity (Wildman–Crippen MR) is 91.6 cm³/mol. The third kappa shape index (κ3) is 3.61. The number of hydrogen-bond acceptors (Lipinski definition) is 4. The lowest BCUT2D eigenvalue weighted by Gasteiger charge is -2.33. The van der Waals surface area contributed by atoms with Crippen molar-refractivity contribution in [2.45, 2.75) is 26.8 Å². The van der Waals surface area contributed by atoms with E-state index < -0.39 is 0 Å². The monoisotopic (exact) mass is 333 g/mol. The minimum Gasteiger partial charge on any atom is -0.340 e. The van der Waals surface area contributed by atoms with Crippen LogP contribution < -0.4 is 4.90 Å². The molecule has 0 unspecified atom stereocenters. The minimum absolute atomic E-state index is 0.0200. The maximum atomic E-state index is 12.7. The quantitative estimate of drug-likeness (QED) is 0.812. The molecule has 1 aromatic rings. The van der Waals surface area contributed by atoms with Gasteiger partial charge in [-0.1, -0.05) is 13.8 Å². The lowest BCUT2D eigenvalue weighted by atomic mass is 10.1. The van der Waals surface area contributed by atoms with Gasteiger partial charge in [0.1, 0.15) is 0 Å². The molecule has 2 amide bonds. The van der Waals surface area contributed by atoms with Crippen molar-refractivity contribution in [3.8, 4) is 0 Å². The Bertz CT molecular complexity index is 604. The predicted octanol–water partition coefficient (Wildman–Crippen LogP) is 0.666. The number of hydrogen-bond donors (Lipinski definition) is 0. The third-order valence-corrected chi connectivity index (χ3v) is 4.77. The molecule has 0 spiro atoms. The fourth-order valence-electron chi connectivity index (χ4n) is 3.37. The Morgan fingerprint density at radius 3 is 2.67 bits per heavy atom. The fraction of sp³-hybridized carbons (Fsp3) is 0.706. The first-order chi connectivity index (χ1) is 11.4. The molecule has 2 fully saturated rings. The summed E-state index contributed by atoms with van der Waals surface area (Å²) < 4.78 is 1.86. The maximum Gasteiger partial charge on any atom is 0.228 e. The van der Waals surface area contributed by atoms with Gasteiger partial charge in [-0.3, -0.25) is 14.3 Å². The summed E-state index contributed by atoms with van der Waals surface area (Å²) >= 11 is 0. The lowest BCUT2D eigenvalue weighted by Crippen LogP contribution is -2.49. The molecule has 0 radical (unpaired) electrons. The van der Waals surface area contributed by atoms with Crippen molar-refractivity contribution >= 4 is 17.5 Å². The summed E-state index contributed by atoms with van der Waals surface area (Å²) in [5.74, 6) is 0.410. The normalized spacial score (nSPS) is 22.7. The summed E-state index contributed by atoms with van der Waals surface area (Å²) in [4.78, 5) is 30.9. The molecule has 0 N–H and O–H groups in total. The van der Waals surface area contributed by atoms with E-state index in [9.17, 15) is 9.59 Å². The fourth-order valence-corrected chi connectivity index (χ4v) is 3.37. The van der Waals surface area contributed by atoms with Gasteiger partial charge in [0.05, 0.1) is 17.8 Å². The Morgan fingerprint density at radius 1 is 1.29 bits per heavy atom. The Hall–Kier alpha value is -1.89. The molecule has 3 heterocycles. The number of rotatable bonds is 4. The van der Waals surface area contributed by atoms with Gasteiger partial charge in [-0.05, 0) is 13.0 Å². The topological polar surface area (TPSA) is 61.7 Å². The molecular weight excluding hydrogens is 306 g/mol. The number of carbonyl (C=O) groups excluding carboxylic acids is 2. The highest BCUT2D eigenvalue weighted by Gasteiger charge is 2.38. The van der Waals surface area contributed by atoms with Crippen LogP contribution >= 0.6 is 0 Å². The van der Waals surface area contributed by atoms with E-state index in [1.807, 2.05) is 15.8 Å². The lowest BCUT2D eigenvalue weighted by molar-refractivity contribution is -0.137. The number of carbonyl (C=O) groups is 2. The van der Waals surface area contributed by atoms with E-state index in [0.29, 0.717) is 18.9 Å². The van der Waals surface area contributed by atoms with Crippen LogP contribution in [-0.4, -0.2) is 71.2 Å². The van der Waals surface area contributed by atoms with Gasteiger partial charge in [0.2, 0.25) is 11.8 Å². The van der Waals surface area contributed by atoms with Gasteiger partial charge in [0, 0.05) is 51.9 Å². The van der Waals surface area contributed by atoms with Gasteiger partial charge >= 0.3 is 0 Å². The van der Waals surface area contributed by atoms with Crippen molar-refractivity contribution in [1.82, 2.24) is 19.6 Å². The van der Waals surface area contributed by atoms with Crippen molar-refractivity contribution in [3.63, 3.8) is 0 Å². The average Bonchev–Trinajstić information content (AvgIpc) is 3.13. The van der Waals surface area contributed by atoms with Crippen LogP contribution in [0.4, 0.5) is 5.69 Å². The maximum absolute atomic E-state index is 12.7. The highest BCUT2D eigenvalue weighted by atomic mass is 16.2. The molecule has 0 bridgehead atoms. The molecule has 2 saturated heterocycles. The summed E-state index contributed by atoms with van der Waals surface area (Å²) in [7, 11) is 2.07. The van der Waals surface area contributed by atoms with E-state index >= 15 is 0 Å². The van der Waals surface area contributed by atoms with Crippen LogP contribution in [0.25, 0.3) is 0 Å². The van der Waals surface area contributed by atoms with Crippen molar-refractivity contribution in [2.24, 2.45) is 11.8 Å². The van der Waals surface area contributed by atoms with Crippen LogP contribution in [0.2, 0.25) is 0 Å². The van der Waals surface area contributed by atoms with Gasteiger partial charge in [-0.15, -0.1) is 0 Å². The largest absolute Gasteiger partial charge is 0.340 e. The molecule has 1 aromatic heterocycles. The summed E-state index contributed by atoms with van der Waals surface area (Å²) in [6.07, 6.45) is 3.93. The number of anilines is 1. The number of nitrogens with zero attached hydrogens (tertiary/aromatic N) is 5. The van der Waals surface area contributed by atoms with Gasteiger partial charge in [-0.25, -0.2) is 0 Å². The first-order valence-electron chi connectivity index (χ1n) is 8.74. The smallest absolute Gasteiger partial charge is 0.228 e. The van der Waals surface area contributed by atoms with Crippen LogP contribution in [0.3, 0.4) is 0 Å². The summed E-state index contributed by atoms with van der Waals surface area (Å²) in [5, 5.41) is 4.33. The average molecular weight is 333 g/mol. The standard InChI is InChI=1S/C17H27N5O2/c1-13(2)10-21-12-15(9-18-21)22-11-14(8-16(22)23)17(24)20-6-4-19(3)5-7-20/h9,12-14H,4-8,10-11H2,1-3H3/t14-/m0/s1. The zero-order valence-corrected chi connectivity index (χ0v) is 14.8. The highest BCUT2D eigenvalue weighted by molar-refractivity contribution is 6.00. The van der Waals surface area contributed by atoms with E-state index in [1.165, 1.54) is 0 Å². The Morgan fingerprint density at radius 2 is 2.00 bits per heavy atom. The van der Waals surface area contributed by atoms with Crippen molar-refractivity contribution in [3.05, 3.63) is 12.4 Å². The van der Waals surface area contributed by atoms with Crippen molar-refractivity contribution in [1.29, 1.82) is 0 Å². The molecule has 3 rings (SSSR count). The van der Waals surface area contributed by atoms with Gasteiger partial charge in [0.15, 0.2) is 0 Å². The van der Waals surface area contributed by atoms with E-state index in [0.717, 1.165) is 38.4 Å². The highest BCUT2D eigenvalue weighted by Crippen LogP contribution is 2.26. The Kier molecular flexibility index (Phi) is 4.89. The van der Waals surface area contributed by atoms with Crippen molar-refractivity contribution in [2.75, 3.05) is 44.7 Å². The van der Waals surface area contributed by atoms with Gasteiger partial charge < -0.3 is 14.7 Å². The zero-order chi connectivity index (χ0) is 17.3. The molecule has 0 aromatic carbocycles. The minimum atomic E-state index is -0.227. The number of piperazine rings is 1. The van der Waals surface area contributed by atoms with Crippen LogP contribution in [0.5, 0.6) is 0 Å². The zero-order valence-electron chi connectivity index (χ0n) is 14.8. The number of aromatic nitrogens is 2. The van der Waals surface area contributed by atoms with Crippen LogP contribution in [0.15, 0.2) is 12.4 Å². The molecule has 132 valence electrons. The van der Waals surface area contributed by atoms with E-state index in [4.69, 9.17) is 0 Å². The SMILES string of the molecule is CC(C)Cn1cc(N2C[C@@H](C(=O)N3CCN(C)CC3)CC2=O)cn1. The number of likely N-dealkylation sites (N-methyl/N-ethyl adjacent to an activating group) is 1. The van der Waals surface area contributed by atoms with E-state index in [2.05, 4.69) is 30.9 Å². The molecule has 7 heteroatoms. The second-order valence-corrected chi connectivity index (χ2v) is 7.35. The number of amides is 2. The first kappa shape index (κ1) is 17.0. The summed E-state index contributed by atoms with van der Waals surface area (Å²) in [5.41, 5.74) is 0.800. The van der Waals surface area contributed by atoms with Crippen molar-refractivity contribution < 1.29 is 9.59 Å². The van der Waals surface area contributed by atoms with Crippen LogP contribution in [0.1, 0.15) is 20.3 Å². The van der Waals surface area contributed by atoms with Crippen LogP contribution in [-0.2, 0) is 16.1 Å². The van der Waals surface area contributed by atoms with Gasteiger partial charge in [0.25, 0.3) is 0 Å². The summed E-state index contributed by atoms with van der Waals surface area (Å²) in [6, 6.07) is 0. The molecule has 0 aliphatic carbocycles. The van der Waals surface area contributed by atoms with E-state index in [-0.39, 0.29) is 17.7 Å². The molecule has 7 nitrogen and oxygen atoms in total.